The van der Waals surface area contributed by atoms with Gasteiger partial charge in [0, 0.05) is 17.2 Å². The number of hydrogen-bond donors (Lipinski definition) is 1. The molecule has 0 saturated carbocycles. The Morgan fingerprint density at radius 2 is 1.63 bits per heavy atom. The second-order valence-electron chi connectivity index (χ2n) is 3.83. The van der Waals surface area contributed by atoms with Crippen LogP contribution in [0.4, 0.5) is 0 Å². The van der Waals surface area contributed by atoms with E-state index in [2.05, 4.69) is 0 Å². The third-order valence-corrected chi connectivity index (χ3v) is 3.47. The van der Waals surface area contributed by atoms with E-state index >= 15 is 0 Å². The molecule has 0 aliphatic rings. The van der Waals surface area contributed by atoms with E-state index in [1.807, 2.05) is 36.4 Å². The standard InChI is InChI=1S/C15H11NO2S/c16-11-10-13(12-6-2-1-3-7-12)14-8-4-5-9-15(14)19(17)18/h1-10,19H. The number of benzene rings is 2. The van der Waals surface area contributed by atoms with Crippen molar-refractivity contribution in [1.29, 1.82) is 5.26 Å². The topological polar surface area (TPSA) is 57.9 Å². The zero-order valence-corrected chi connectivity index (χ0v) is 10.9. The molecule has 2 rings (SSSR count). The summed E-state index contributed by atoms with van der Waals surface area (Å²) in [5, 5.41) is 8.91. The van der Waals surface area contributed by atoms with Gasteiger partial charge >= 0.3 is 0 Å². The predicted molar refractivity (Wildman–Crippen MR) is 74.2 cm³/mol. The highest BCUT2D eigenvalue weighted by Crippen LogP contribution is 2.26. The SMILES string of the molecule is N#CC=C(c1ccccc1)c1ccccc1[SH](=O)=O. The summed E-state index contributed by atoms with van der Waals surface area (Å²) in [5.74, 6) is 0. The van der Waals surface area contributed by atoms with Gasteiger partial charge in [0.2, 0.25) is 0 Å². The zero-order valence-electron chi connectivity index (χ0n) is 9.98. The lowest BCUT2D eigenvalue weighted by molar-refractivity contribution is 0.614. The molecule has 2 aromatic carbocycles. The predicted octanol–water partition coefficient (Wildman–Crippen LogP) is 2.61. The van der Waals surface area contributed by atoms with Crippen molar-refractivity contribution >= 4 is 16.3 Å². The van der Waals surface area contributed by atoms with E-state index in [9.17, 15) is 8.42 Å². The zero-order chi connectivity index (χ0) is 13.7. The lowest BCUT2D eigenvalue weighted by atomic mass is 9.98. The van der Waals surface area contributed by atoms with Crippen LogP contribution in [0.2, 0.25) is 0 Å². The van der Waals surface area contributed by atoms with Gasteiger partial charge in [-0.05, 0) is 11.6 Å². The smallest absolute Gasteiger partial charge is 0.168 e. The Kier molecular flexibility index (Phi) is 4.11. The van der Waals surface area contributed by atoms with Gasteiger partial charge in [-0.1, -0.05) is 48.5 Å². The van der Waals surface area contributed by atoms with Crippen molar-refractivity contribution in [3.63, 3.8) is 0 Å². The summed E-state index contributed by atoms with van der Waals surface area (Å²) in [7, 11) is -2.70. The third-order valence-electron chi connectivity index (χ3n) is 2.68. The van der Waals surface area contributed by atoms with Crippen LogP contribution in [0.5, 0.6) is 0 Å². The van der Waals surface area contributed by atoms with E-state index in [-0.39, 0.29) is 4.90 Å². The molecule has 0 unspecified atom stereocenters. The molecule has 0 saturated heterocycles. The molecule has 0 radical (unpaired) electrons. The Morgan fingerprint density at radius 1 is 1.00 bits per heavy atom. The molecule has 0 aliphatic heterocycles. The summed E-state index contributed by atoms with van der Waals surface area (Å²) < 4.78 is 22.6. The first-order valence-electron chi connectivity index (χ1n) is 5.63. The first kappa shape index (κ1) is 13.1. The quantitative estimate of drug-likeness (QED) is 0.688. The molecule has 2 aromatic rings. The van der Waals surface area contributed by atoms with E-state index in [0.717, 1.165) is 5.56 Å². The van der Waals surface area contributed by atoms with Gasteiger partial charge < -0.3 is 0 Å². The molecular formula is C15H11NO2S. The van der Waals surface area contributed by atoms with Crippen molar-refractivity contribution in [2.45, 2.75) is 4.90 Å². The van der Waals surface area contributed by atoms with E-state index in [1.165, 1.54) is 12.1 Å². The molecule has 0 fully saturated rings. The van der Waals surface area contributed by atoms with Gasteiger partial charge in [0.05, 0.1) is 11.0 Å². The van der Waals surface area contributed by atoms with Crippen LogP contribution in [-0.4, -0.2) is 8.42 Å². The summed E-state index contributed by atoms with van der Waals surface area (Å²) in [6.45, 7) is 0. The largest absolute Gasteiger partial charge is 0.227 e. The van der Waals surface area contributed by atoms with E-state index in [0.29, 0.717) is 11.1 Å². The van der Waals surface area contributed by atoms with Crippen molar-refractivity contribution < 1.29 is 8.42 Å². The normalized spacial score (nSPS) is 11.3. The molecule has 0 amide bonds. The first-order valence-corrected chi connectivity index (χ1v) is 6.81. The maximum absolute atomic E-state index is 11.3. The van der Waals surface area contributed by atoms with E-state index in [1.54, 1.807) is 18.2 Å². The highest BCUT2D eigenvalue weighted by Gasteiger charge is 2.10. The number of thiol groups is 1. The monoisotopic (exact) mass is 269 g/mol. The summed E-state index contributed by atoms with van der Waals surface area (Å²) in [5.41, 5.74) is 1.97. The van der Waals surface area contributed by atoms with Gasteiger partial charge in [-0.15, -0.1) is 0 Å². The highest BCUT2D eigenvalue weighted by atomic mass is 32.2. The molecule has 0 aliphatic carbocycles. The number of hydrogen-bond acceptors (Lipinski definition) is 3. The van der Waals surface area contributed by atoms with Gasteiger partial charge in [-0.3, -0.25) is 0 Å². The minimum Gasteiger partial charge on any atom is -0.227 e. The van der Waals surface area contributed by atoms with Gasteiger partial charge in [0.1, 0.15) is 0 Å². The molecule has 0 atom stereocenters. The fourth-order valence-electron chi connectivity index (χ4n) is 1.86. The number of nitrogens with zero attached hydrogens (tertiary/aromatic N) is 1. The maximum Gasteiger partial charge on any atom is 0.168 e. The van der Waals surface area contributed by atoms with Gasteiger partial charge in [0.15, 0.2) is 10.7 Å². The molecule has 0 aromatic heterocycles. The van der Waals surface area contributed by atoms with Crippen molar-refractivity contribution in [3.05, 3.63) is 71.8 Å². The summed E-state index contributed by atoms with van der Waals surface area (Å²) in [6.07, 6.45) is 1.37. The fourth-order valence-corrected chi connectivity index (χ4v) is 2.46. The van der Waals surface area contributed by atoms with E-state index < -0.39 is 10.7 Å². The number of nitriles is 1. The van der Waals surface area contributed by atoms with Crippen LogP contribution in [0.1, 0.15) is 11.1 Å². The third kappa shape index (κ3) is 2.90. The van der Waals surface area contributed by atoms with Crippen LogP contribution in [0.15, 0.2) is 65.6 Å². The molecule has 19 heavy (non-hydrogen) atoms. The Labute approximate surface area is 113 Å². The molecule has 0 bridgehead atoms. The van der Waals surface area contributed by atoms with Crippen LogP contribution in [0.3, 0.4) is 0 Å². The van der Waals surface area contributed by atoms with Crippen LogP contribution < -0.4 is 0 Å². The molecule has 0 heterocycles. The molecule has 94 valence electrons. The molecule has 0 spiro atoms. The molecular weight excluding hydrogens is 258 g/mol. The minimum absolute atomic E-state index is 0.225. The average Bonchev–Trinajstić information content (AvgIpc) is 2.45. The second kappa shape index (κ2) is 5.98. The average molecular weight is 269 g/mol. The molecule has 4 heteroatoms. The van der Waals surface area contributed by atoms with Crippen molar-refractivity contribution in [2.75, 3.05) is 0 Å². The van der Waals surface area contributed by atoms with Crippen molar-refractivity contribution in [3.8, 4) is 6.07 Å². The second-order valence-corrected chi connectivity index (χ2v) is 4.82. The maximum atomic E-state index is 11.3. The van der Waals surface area contributed by atoms with E-state index in [4.69, 9.17) is 5.26 Å². The van der Waals surface area contributed by atoms with Crippen molar-refractivity contribution in [2.24, 2.45) is 0 Å². The van der Waals surface area contributed by atoms with Crippen LogP contribution in [0, 0.1) is 11.3 Å². The van der Waals surface area contributed by atoms with Gasteiger partial charge in [-0.25, -0.2) is 8.42 Å². The lowest BCUT2D eigenvalue weighted by Gasteiger charge is -2.09. The minimum atomic E-state index is -2.70. The Morgan fingerprint density at radius 3 is 2.26 bits per heavy atom. The first-order chi connectivity index (χ1) is 9.24. The summed E-state index contributed by atoms with van der Waals surface area (Å²) in [4.78, 5) is 0.225. The molecule has 3 nitrogen and oxygen atoms in total. The molecule has 0 N–H and O–H groups in total. The number of rotatable bonds is 3. The fraction of sp³-hybridized carbons (Fsp3) is 0. The highest BCUT2D eigenvalue weighted by molar-refractivity contribution is 7.72. The van der Waals surface area contributed by atoms with Gasteiger partial charge in [0.25, 0.3) is 0 Å². The van der Waals surface area contributed by atoms with Crippen LogP contribution >= 0.6 is 0 Å². The number of allylic oxidation sites excluding steroid dienone is 1. The summed E-state index contributed by atoms with van der Waals surface area (Å²) >= 11 is 0. The lowest BCUT2D eigenvalue weighted by Crippen LogP contribution is -1.93. The Balaban J connectivity index is 2.67. The summed E-state index contributed by atoms with van der Waals surface area (Å²) in [6, 6.07) is 17.9. The van der Waals surface area contributed by atoms with Crippen LogP contribution in [0.25, 0.3) is 5.57 Å². The van der Waals surface area contributed by atoms with Gasteiger partial charge in [-0.2, -0.15) is 5.26 Å². The van der Waals surface area contributed by atoms with Crippen LogP contribution in [-0.2, 0) is 10.7 Å². The Hall–Kier alpha value is -2.38. The Bertz CT molecular complexity index is 717. The van der Waals surface area contributed by atoms with Crippen molar-refractivity contribution in [1.82, 2.24) is 0 Å².